The minimum absolute atomic E-state index is 0.0117. The summed E-state index contributed by atoms with van der Waals surface area (Å²) < 4.78 is 32.0. The summed E-state index contributed by atoms with van der Waals surface area (Å²) in [6.07, 6.45) is 0.654. The van der Waals surface area contributed by atoms with E-state index in [1.165, 1.54) is 8.61 Å². The van der Waals surface area contributed by atoms with E-state index in [-0.39, 0.29) is 5.38 Å². The van der Waals surface area contributed by atoms with Gasteiger partial charge in [0.2, 0.25) is 0 Å². The lowest BCUT2D eigenvalue weighted by Crippen LogP contribution is -2.47. The van der Waals surface area contributed by atoms with Crippen LogP contribution >= 0.6 is 11.6 Å². The normalized spacial score (nSPS) is 21.2. The van der Waals surface area contributed by atoms with E-state index in [2.05, 4.69) is 0 Å². The van der Waals surface area contributed by atoms with Gasteiger partial charge in [-0.05, 0) is 13.3 Å². The summed E-state index contributed by atoms with van der Waals surface area (Å²) in [5.41, 5.74) is 0. The SMILES string of the molecule is CC(Cl)CCN(C)S(=O)(=O)N1CCOCC1. The van der Waals surface area contributed by atoms with E-state index in [0.717, 1.165) is 0 Å². The lowest BCUT2D eigenvalue weighted by molar-refractivity contribution is 0.0706. The van der Waals surface area contributed by atoms with Crippen molar-refractivity contribution in [3.63, 3.8) is 0 Å². The monoisotopic (exact) mass is 270 g/mol. The molecular formula is C9H19ClN2O3S. The summed E-state index contributed by atoms with van der Waals surface area (Å²) in [6.45, 7) is 4.12. The summed E-state index contributed by atoms with van der Waals surface area (Å²) in [4.78, 5) is 0. The molecule has 1 saturated heterocycles. The smallest absolute Gasteiger partial charge is 0.281 e. The Labute approximate surface area is 102 Å². The minimum Gasteiger partial charge on any atom is -0.379 e. The Morgan fingerprint density at radius 3 is 2.50 bits per heavy atom. The van der Waals surface area contributed by atoms with Crippen LogP contribution in [0.2, 0.25) is 0 Å². The third-order valence-electron chi connectivity index (χ3n) is 2.53. The highest BCUT2D eigenvalue weighted by Crippen LogP contribution is 2.11. The average Bonchev–Trinajstić information content (AvgIpc) is 2.27. The number of hydrogen-bond acceptors (Lipinski definition) is 3. The van der Waals surface area contributed by atoms with E-state index in [0.29, 0.717) is 39.3 Å². The summed E-state index contributed by atoms with van der Waals surface area (Å²) in [5.74, 6) is 0. The molecule has 0 amide bonds. The van der Waals surface area contributed by atoms with Crippen LogP contribution in [0, 0.1) is 0 Å². The van der Waals surface area contributed by atoms with E-state index in [1.54, 1.807) is 7.05 Å². The van der Waals surface area contributed by atoms with Crippen LogP contribution in [-0.4, -0.2) is 62.3 Å². The molecule has 1 aliphatic heterocycles. The van der Waals surface area contributed by atoms with E-state index < -0.39 is 10.2 Å². The maximum Gasteiger partial charge on any atom is 0.281 e. The summed E-state index contributed by atoms with van der Waals surface area (Å²) >= 11 is 5.80. The third-order valence-corrected chi connectivity index (χ3v) is 4.74. The van der Waals surface area contributed by atoms with Crippen molar-refractivity contribution in [1.29, 1.82) is 0 Å². The Bertz CT molecular complexity index is 302. The van der Waals surface area contributed by atoms with Gasteiger partial charge in [-0.3, -0.25) is 0 Å². The molecule has 0 aliphatic carbocycles. The number of halogens is 1. The second-order valence-electron chi connectivity index (χ2n) is 3.91. The zero-order chi connectivity index (χ0) is 12.2. The van der Waals surface area contributed by atoms with Crippen molar-refractivity contribution in [2.24, 2.45) is 0 Å². The highest BCUT2D eigenvalue weighted by atomic mass is 35.5. The van der Waals surface area contributed by atoms with E-state index in [1.807, 2.05) is 6.92 Å². The average molecular weight is 271 g/mol. The molecule has 7 heteroatoms. The second-order valence-corrected chi connectivity index (χ2v) is 6.69. The molecule has 0 aromatic heterocycles. The van der Waals surface area contributed by atoms with Gasteiger partial charge in [-0.25, -0.2) is 0 Å². The van der Waals surface area contributed by atoms with Gasteiger partial charge in [-0.2, -0.15) is 17.0 Å². The second kappa shape index (κ2) is 6.16. The van der Waals surface area contributed by atoms with Gasteiger partial charge in [-0.15, -0.1) is 11.6 Å². The van der Waals surface area contributed by atoms with E-state index >= 15 is 0 Å². The molecule has 0 N–H and O–H groups in total. The predicted octanol–water partition coefficient (Wildman–Crippen LogP) is 0.513. The quantitative estimate of drug-likeness (QED) is 0.684. The number of rotatable bonds is 5. The van der Waals surface area contributed by atoms with Crippen molar-refractivity contribution in [3.05, 3.63) is 0 Å². The number of morpholine rings is 1. The molecule has 0 saturated carbocycles. The van der Waals surface area contributed by atoms with Gasteiger partial charge in [0.25, 0.3) is 10.2 Å². The molecule has 0 aromatic rings. The van der Waals surface area contributed by atoms with Gasteiger partial charge in [0.1, 0.15) is 0 Å². The van der Waals surface area contributed by atoms with Gasteiger partial charge in [0.05, 0.1) is 13.2 Å². The van der Waals surface area contributed by atoms with E-state index in [9.17, 15) is 8.42 Å². The first-order valence-corrected chi connectivity index (χ1v) is 7.21. The molecule has 1 atom stereocenters. The zero-order valence-corrected chi connectivity index (χ0v) is 11.3. The number of ether oxygens (including phenoxy) is 1. The standard InChI is InChI=1S/C9H19ClN2O3S/c1-9(10)3-4-11(2)16(13,14)12-5-7-15-8-6-12/h9H,3-8H2,1-2H3. The van der Waals surface area contributed by atoms with Crippen molar-refractivity contribution < 1.29 is 13.2 Å². The van der Waals surface area contributed by atoms with Crippen LogP contribution in [0.5, 0.6) is 0 Å². The summed E-state index contributed by atoms with van der Waals surface area (Å²) in [7, 11) is -1.74. The van der Waals surface area contributed by atoms with Crippen molar-refractivity contribution >= 4 is 21.8 Å². The number of nitrogens with zero attached hydrogens (tertiary/aromatic N) is 2. The Morgan fingerprint density at radius 2 is 2.00 bits per heavy atom. The van der Waals surface area contributed by atoms with Gasteiger partial charge < -0.3 is 4.74 Å². The van der Waals surface area contributed by atoms with Crippen LogP contribution in [0.4, 0.5) is 0 Å². The van der Waals surface area contributed by atoms with Crippen molar-refractivity contribution in [2.45, 2.75) is 18.7 Å². The lowest BCUT2D eigenvalue weighted by atomic mass is 10.3. The van der Waals surface area contributed by atoms with Crippen LogP contribution in [-0.2, 0) is 14.9 Å². The van der Waals surface area contributed by atoms with Crippen LogP contribution in [0.1, 0.15) is 13.3 Å². The highest BCUT2D eigenvalue weighted by Gasteiger charge is 2.28. The summed E-state index contributed by atoms with van der Waals surface area (Å²) in [5, 5.41) is -0.0117. The number of hydrogen-bond donors (Lipinski definition) is 0. The zero-order valence-electron chi connectivity index (χ0n) is 9.73. The Balaban J connectivity index is 2.54. The van der Waals surface area contributed by atoms with Crippen molar-refractivity contribution in [2.75, 3.05) is 39.9 Å². The van der Waals surface area contributed by atoms with Gasteiger partial charge >= 0.3 is 0 Å². The molecule has 1 rings (SSSR count). The number of alkyl halides is 1. The van der Waals surface area contributed by atoms with Crippen LogP contribution in [0.3, 0.4) is 0 Å². The van der Waals surface area contributed by atoms with Crippen LogP contribution < -0.4 is 0 Å². The first-order chi connectivity index (χ1) is 7.44. The van der Waals surface area contributed by atoms with Gasteiger partial charge in [0, 0.05) is 32.1 Å². The fourth-order valence-electron chi connectivity index (χ4n) is 1.45. The molecule has 1 aliphatic rings. The molecule has 1 fully saturated rings. The lowest BCUT2D eigenvalue weighted by Gasteiger charge is -2.30. The van der Waals surface area contributed by atoms with E-state index in [4.69, 9.17) is 16.3 Å². The first kappa shape index (κ1) is 14.2. The molecule has 5 nitrogen and oxygen atoms in total. The molecule has 1 heterocycles. The van der Waals surface area contributed by atoms with Crippen LogP contribution in [0.25, 0.3) is 0 Å². The Hall–Kier alpha value is 0.120. The highest BCUT2D eigenvalue weighted by molar-refractivity contribution is 7.86. The fraction of sp³-hybridized carbons (Fsp3) is 1.00. The maximum absolute atomic E-state index is 12.1. The van der Waals surface area contributed by atoms with Crippen molar-refractivity contribution in [1.82, 2.24) is 8.61 Å². The Kier molecular flexibility index (Phi) is 5.46. The Morgan fingerprint density at radius 1 is 1.44 bits per heavy atom. The first-order valence-electron chi connectivity index (χ1n) is 5.38. The molecule has 0 bridgehead atoms. The maximum atomic E-state index is 12.1. The summed E-state index contributed by atoms with van der Waals surface area (Å²) in [6, 6.07) is 0. The van der Waals surface area contributed by atoms with Crippen molar-refractivity contribution in [3.8, 4) is 0 Å². The molecule has 0 radical (unpaired) electrons. The molecule has 1 unspecified atom stereocenters. The largest absolute Gasteiger partial charge is 0.379 e. The topological polar surface area (TPSA) is 49.9 Å². The molecular weight excluding hydrogens is 252 g/mol. The molecule has 96 valence electrons. The molecule has 0 aromatic carbocycles. The third kappa shape index (κ3) is 3.85. The molecule has 0 spiro atoms. The van der Waals surface area contributed by atoms with Crippen LogP contribution in [0.15, 0.2) is 0 Å². The van der Waals surface area contributed by atoms with Gasteiger partial charge in [-0.1, -0.05) is 0 Å². The van der Waals surface area contributed by atoms with Gasteiger partial charge in [0.15, 0.2) is 0 Å². The fourth-order valence-corrected chi connectivity index (χ4v) is 2.89. The predicted molar refractivity (Wildman–Crippen MR) is 63.9 cm³/mol. The minimum atomic E-state index is -3.33. The molecule has 16 heavy (non-hydrogen) atoms.